The zero-order chi connectivity index (χ0) is 8.27. The molecule has 0 aromatic carbocycles. The van der Waals surface area contributed by atoms with Crippen LogP contribution in [0.5, 0.6) is 0 Å². The standard InChI is InChI=1S/C7H12ClNO2/c1-5(8)7(10)9-6-2-3-11-4-6/h5-6H,2-4H2,1H3,(H,9,10). The van der Waals surface area contributed by atoms with Crippen LogP contribution < -0.4 is 5.32 Å². The molecule has 1 aliphatic rings. The molecule has 0 spiro atoms. The van der Waals surface area contributed by atoms with Gasteiger partial charge < -0.3 is 10.1 Å². The van der Waals surface area contributed by atoms with Crippen molar-refractivity contribution in [1.29, 1.82) is 0 Å². The monoisotopic (exact) mass is 177 g/mol. The second-order valence-electron chi connectivity index (χ2n) is 2.69. The van der Waals surface area contributed by atoms with E-state index in [0.717, 1.165) is 13.0 Å². The topological polar surface area (TPSA) is 38.3 Å². The van der Waals surface area contributed by atoms with Crippen LogP contribution in [0.1, 0.15) is 13.3 Å². The summed E-state index contributed by atoms with van der Waals surface area (Å²) >= 11 is 5.55. The number of amides is 1. The van der Waals surface area contributed by atoms with E-state index in [1.807, 2.05) is 0 Å². The molecular weight excluding hydrogens is 166 g/mol. The summed E-state index contributed by atoms with van der Waals surface area (Å²) in [5.74, 6) is -0.109. The van der Waals surface area contributed by atoms with Gasteiger partial charge in [-0.1, -0.05) is 0 Å². The van der Waals surface area contributed by atoms with E-state index in [0.29, 0.717) is 6.61 Å². The van der Waals surface area contributed by atoms with Crippen LogP contribution in [0.25, 0.3) is 0 Å². The van der Waals surface area contributed by atoms with Gasteiger partial charge in [-0.15, -0.1) is 11.6 Å². The number of hydrogen-bond donors (Lipinski definition) is 1. The van der Waals surface area contributed by atoms with Gasteiger partial charge in [0, 0.05) is 6.61 Å². The van der Waals surface area contributed by atoms with Crippen molar-refractivity contribution in [1.82, 2.24) is 5.32 Å². The predicted molar refractivity (Wildman–Crippen MR) is 42.7 cm³/mol. The minimum atomic E-state index is -0.449. The van der Waals surface area contributed by atoms with Crippen LogP contribution in [-0.4, -0.2) is 30.5 Å². The molecule has 1 N–H and O–H groups in total. The molecule has 1 amide bonds. The highest BCUT2D eigenvalue weighted by Crippen LogP contribution is 2.04. The second-order valence-corrected chi connectivity index (χ2v) is 3.34. The van der Waals surface area contributed by atoms with Crippen molar-refractivity contribution in [3.8, 4) is 0 Å². The van der Waals surface area contributed by atoms with E-state index >= 15 is 0 Å². The van der Waals surface area contributed by atoms with Crippen LogP contribution in [0.4, 0.5) is 0 Å². The van der Waals surface area contributed by atoms with Gasteiger partial charge in [-0.3, -0.25) is 4.79 Å². The molecule has 1 aliphatic heterocycles. The minimum absolute atomic E-state index is 0.109. The van der Waals surface area contributed by atoms with Crippen LogP contribution in [0.2, 0.25) is 0 Å². The van der Waals surface area contributed by atoms with E-state index < -0.39 is 5.38 Å². The highest BCUT2D eigenvalue weighted by Gasteiger charge is 2.19. The van der Waals surface area contributed by atoms with Crippen LogP contribution in [-0.2, 0) is 9.53 Å². The summed E-state index contributed by atoms with van der Waals surface area (Å²) in [5.41, 5.74) is 0. The Kier molecular flexibility index (Phi) is 3.15. The fourth-order valence-electron chi connectivity index (χ4n) is 0.964. The van der Waals surface area contributed by atoms with Crippen LogP contribution in [0.3, 0.4) is 0 Å². The molecule has 0 saturated carbocycles. The lowest BCUT2D eigenvalue weighted by atomic mass is 10.2. The summed E-state index contributed by atoms with van der Waals surface area (Å²) in [6.07, 6.45) is 0.898. The Morgan fingerprint density at radius 3 is 3.00 bits per heavy atom. The molecule has 1 fully saturated rings. The molecule has 0 radical (unpaired) electrons. The average Bonchev–Trinajstić information content (AvgIpc) is 2.39. The molecule has 2 atom stereocenters. The Balaban J connectivity index is 2.24. The first kappa shape index (κ1) is 8.81. The molecule has 0 aromatic heterocycles. The lowest BCUT2D eigenvalue weighted by molar-refractivity contribution is -0.121. The molecule has 0 aromatic rings. The van der Waals surface area contributed by atoms with E-state index in [1.54, 1.807) is 6.92 Å². The Morgan fingerprint density at radius 1 is 1.82 bits per heavy atom. The third-order valence-electron chi connectivity index (χ3n) is 1.64. The zero-order valence-corrected chi connectivity index (χ0v) is 7.23. The van der Waals surface area contributed by atoms with Gasteiger partial charge in [-0.25, -0.2) is 0 Å². The fraction of sp³-hybridized carbons (Fsp3) is 0.857. The number of rotatable bonds is 2. The predicted octanol–water partition coefficient (Wildman–Crippen LogP) is 0.519. The van der Waals surface area contributed by atoms with Crippen molar-refractivity contribution in [2.24, 2.45) is 0 Å². The van der Waals surface area contributed by atoms with E-state index in [4.69, 9.17) is 16.3 Å². The van der Waals surface area contributed by atoms with Crippen molar-refractivity contribution in [3.05, 3.63) is 0 Å². The summed E-state index contributed by atoms with van der Waals surface area (Å²) in [6, 6.07) is 0.170. The number of carbonyl (C=O) groups is 1. The smallest absolute Gasteiger partial charge is 0.238 e. The van der Waals surface area contributed by atoms with Crippen LogP contribution in [0, 0.1) is 0 Å². The van der Waals surface area contributed by atoms with Crippen molar-refractivity contribution < 1.29 is 9.53 Å². The second kappa shape index (κ2) is 3.93. The van der Waals surface area contributed by atoms with Gasteiger partial charge in [0.1, 0.15) is 5.38 Å². The quantitative estimate of drug-likeness (QED) is 0.625. The first-order valence-electron chi connectivity index (χ1n) is 3.72. The molecule has 4 heteroatoms. The summed E-state index contributed by atoms with van der Waals surface area (Å²) in [7, 11) is 0. The molecule has 2 unspecified atom stereocenters. The number of alkyl halides is 1. The van der Waals surface area contributed by atoms with Crippen LogP contribution >= 0.6 is 11.6 Å². The molecular formula is C7H12ClNO2. The van der Waals surface area contributed by atoms with Gasteiger partial charge in [0.05, 0.1) is 12.6 Å². The molecule has 64 valence electrons. The SMILES string of the molecule is CC(Cl)C(=O)NC1CCOC1. The number of nitrogens with one attached hydrogen (secondary N) is 1. The molecule has 3 nitrogen and oxygen atoms in total. The first-order valence-corrected chi connectivity index (χ1v) is 4.16. The number of carbonyl (C=O) groups excluding carboxylic acids is 1. The van der Waals surface area contributed by atoms with E-state index in [9.17, 15) is 4.79 Å². The maximum Gasteiger partial charge on any atom is 0.238 e. The van der Waals surface area contributed by atoms with Crippen molar-refractivity contribution >= 4 is 17.5 Å². The Hall–Kier alpha value is -0.280. The van der Waals surface area contributed by atoms with Gasteiger partial charge >= 0.3 is 0 Å². The number of halogens is 1. The average molecular weight is 178 g/mol. The molecule has 0 aliphatic carbocycles. The molecule has 0 bridgehead atoms. The van der Waals surface area contributed by atoms with Gasteiger partial charge in [0.15, 0.2) is 0 Å². The molecule has 1 rings (SSSR count). The summed E-state index contributed by atoms with van der Waals surface area (Å²) < 4.78 is 5.08. The van der Waals surface area contributed by atoms with Gasteiger partial charge in [0.25, 0.3) is 0 Å². The number of hydrogen-bond acceptors (Lipinski definition) is 2. The summed E-state index contributed by atoms with van der Waals surface area (Å²) in [6.45, 7) is 3.02. The Labute approximate surface area is 71.1 Å². The molecule has 1 heterocycles. The first-order chi connectivity index (χ1) is 5.20. The van der Waals surface area contributed by atoms with Gasteiger partial charge in [-0.05, 0) is 13.3 Å². The Bertz CT molecular complexity index is 143. The van der Waals surface area contributed by atoms with Crippen molar-refractivity contribution in [3.63, 3.8) is 0 Å². The van der Waals surface area contributed by atoms with E-state index in [-0.39, 0.29) is 11.9 Å². The highest BCUT2D eigenvalue weighted by atomic mass is 35.5. The van der Waals surface area contributed by atoms with Crippen LogP contribution in [0.15, 0.2) is 0 Å². The third-order valence-corrected chi connectivity index (χ3v) is 1.84. The largest absolute Gasteiger partial charge is 0.379 e. The normalized spacial score (nSPS) is 26.5. The molecule has 1 saturated heterocycles. The Morgan fingerprint density at radius 2 is 2.55 bits per heavy atom. The summed E-state index contributed by atoms with van der Waals surface area (Å²) in [5, 5.41) is 2.33. The zero-order valence-electron chi connectivity index (χ0n) is 6.47. The minimum Gasteiger partial charge on any atom is -0.379 e. The van der Waals surface area contributed by atoms with E-state index in [2.05, 4.69) is 5.32 Å². The number of ether oxygens (including phenoxy) is 1. The third kappa shape index (κ3) is 2.67. The summed E-state index contributed by atoms with van der Waals surface area (Å²) in [4.78, 5) is 11.0. The van der Waals surface area contributed by atoms with Crippen molar-refractivity contribution in [2.75, 3.05) is 13.2 Å². The highest BCUT2D eigenvalue weighted by molar-refractivity contribution is 6.30. The lowest BCUT2D eigenvalue weighted by Gasteiger charge is -2.10. The van der Waals surface area contributed by atoms with E-state index in [1.165, 1.54) is 0 Å². The molecule has 11 heavy (non-hydrogen) atoms. The maximum atomic E-state index is 11.0. The fourth-order valence-corrected chi connectivity index (χ4v) is 1.03. The van der Waals surface area contributed by atoms with Crippen molar-refractivity contribution in [2.45, 2.75) is 24.8 Å². The maximum absolute atomic E-state index is 11.0. The lowest BCUT2D eigenvalue weighted by Crippen LogP contribution is -2.38. The van der Waals surface area contributed by atoms with Gasteiger partial charge in [0.2, 0.25) is 5.91 Å². The van der Waals surface area contributed by atoms with Gasteiger partial charge in [-0.2, -0.15) is 0 Å².